The highest BCUT2D eigenvalue weighted by Crippen LogP contribution is 2.30. The van der Waals surface area contributed by atoms with Crippen molar-refractivity contribution in [1.82, 2.24) is 10.6 Å². The summed E-state index contributed by atoms with van der Waals surface area (Å²) in [5, 5.41) is 27.2. The Hall–Kier alpha value is -5.00. The molecule has 0 unspecified atom stereocenters. The highest BCUT2D eigenvalue weighted by Gasteiger charge is 2.22. The third kappa shape index (κ3) is 6.78. The van der Waals surface area contributed by atoms with Gasteiger partial charge in [0.15, 0.2) is 11.5 Å². The van der Waals surface area contributed by atoms with Crippen molar-refractivity contribution in [2.45, 2.75) is 19.5 Å². The highest BCUT2D eigenvalue weighted by molar-refractivity contribution is 5.97. The number of methoxy groups -OCH3 is 1. The zero-order valence-corrected chi connectivity index (χ0v) is 20.0. The van der Waals surface area contributed by atoms with Crippen LogP contribution in [0.15, 0.2) is 66.7 Å². The Morgan fingerprint density at radius 2 is 1.30 bits per heavy atom. The average Bonchev–Trinajstić information content (AvgIpc) is 2.91. The number of hydrogen-bond donors (Lipinski definition) is 2. The minimum Gasteiger partial charge on any atom is -0.493 e. The Bertz CT molecular complexity index is 1220. The van der Waals surface area contributed by atoms with Crippen LogP contribution in [0.3, 0.4) is 0 Å². The zero-order chi connectivity index (χ0) is 26.9. The topological polar surface area (TPSA) is 163 Å². The lowest BCUT2D eigenvalue weighted by Crippen LogP contribution is -2.41. The first-order valence-corrected chi connectivity index (χ1v) is 11.1. The molecule has 37 heavy (non-hydrogen) atoms. The molecule has 0 spiro atoms. The van der Waals surface area contributed by atoms with Crippen LogP contribution in [-0.2, 0) is 0 Å². The van der Waals surface area contributed by atoms with Gasteiger partial charge >= 0.3 is 0 Å². The standard InChI is InChI=1S/C25H24N4O8/c1-3-14-37-21-13-8-18(15-22(21)36-2)23(26-24(30)16-4-9-19(10-5-16)28(32)33)27-25(31)17-6-11-20(12-7-17)29(34)35/h4-13,15,23H,3,14H2,1-2H3,(H,26,30)(H,27,31). The van der Waals surface area contributed by atoms with Crippen molar-refractivity contribution in [2.75, 3.05) is 13.7 Å². The number of amides is 2. The number of hydrogen-bond acceptors (Lipinski definition) is 8. The molecular weight excluding hydrogens is 484 g/mol. The largest absolute Gasteiger partial charge is 0.493 e. The maximum Gasteiger partial charge on any atom is 0.269 e. The molecule has 2 amide bonds. The molecule has 0 aliphatic rings. The van der Waals surface area contributed by atoms with E-state index in [1.165, 1.54) is 55.6 Å². The number of ether oxygens (including phenoxy) is 2. The summed E-state index contributed by atoms with van der Waals surface area (Å²) in [6.07, 6.45) is -0.274. The molecule has 0 heterocycles. The number of benzene rings is 3. The predicted octanol–water partition coefficient (Wildman–Crippen LogP) is 4.16. The Morgan fingerprint density at radius 3 is 1.70 bits per heavy atom. The maximum absolute atomic E-state index is 12.9. The number of nitro groups is 2. The van der Waals surface area contributed by atoms with Gasteiger partial charge in [-0.05, 0) is 48.4 Å². The van der Waals surface area contributed by atoms with Crippen LogP contribution < -0.4 is 20.1 Å². The van der Waals surface area contributed by atoms with Gasteiger partial charge in [0.05, 0.1) is 23.6 Å². The molecule has 0 saturated carbocycles. The molecule has 3 aromatic carbocycles. The number of nitrogens with one attached hydrogen (secondary N) is 2. The quantitative estimate of drug-likeness (QED) is 0.221. The van der Waals surface area contributed by atoms with Crippen LogP contribution in [0.25, 0.3) is 0 Å². The third-order valence-electron chi connectivity index (χ3n) is 5.21. The van der Waals surface area contributed by atoms with Crippen LogP contribution in [0.5, 0.6) is 11.5 Å². The fraction of sp³-hybridized carbons (Fsp3) is 0.200. The van der Waals surface area contributed by atoms with E-state index in [1.54, 1.807) is 18.2 Å². The Morgan fingerprint density at radius 1 is 0.811 bits per heavy atom. The summed E-state index contributed by atoms with van der Waals surface area (Å²) < 4.78 is 11.1. The first-order chi connectivity index (χ1) is 17.7. The molecule has 0 radical (unpaired) electrons. The van der Waals surface area contributed by atoms with Gasteiger partial charge in [-0.15, -0.1) is 0 Å². The smallest absolute Gasteiger partial charge is 0.269 e. The zero-order valence-electron chi connectivity index (χ0n) is 20.0. The number of rotatable bonds is 11. The second-order valence-electron chi connectivity index (χ2n) is 7.75. The van der Waals surface area contributed by atoms with Crippen molar-refractivity contribution in [3.8, 4) is 11.5 Å². The molecule has 0 aliphatic carbocycles. The van der Waals surface area contributed by atoms with Crippen LogP contribution in [0.2, 0.25) is 0 Å². The van der Waals surface area contributed by atoms with Gasteiger partial charge < -0.3 is 20.1 Å². The molecule has 0 aromatic heterocycles. The van der Waals surface area contributed by atoms with Crippen molar-refractivity contribution in [2.24, 2.45) is 0 Å². The summed E-state index contributed by atoms with van der Waals surface area (Å²) in [6, 6.07) is 14.9. The number of carbonyl (C=O) groups is 2. The molecule has 0 atom stereocenters. The van der Waals surface area contributed by atoms with Gasteiger partial charge in [0, 0.05) is 35.4 Å². The van der Waals surface area contributed by atoms with Gasteiger partial charge in [-0.2, -0.15) is 0 Å². The van der Waals surface area contributed by atoms with E-state index in [1.807, 2.05) is 6.92 Å². The SMILES string of the molecule is CCCOc1ccc(C(NC(=O)c2ccc([N+](=O)[O-])cc2)NC(=O)c2ccc([N+](=O)[O-])cc2)cc1OC. The summed E-state index contributed by atoms with van der Waals surface area (Å²) in [4.78, 5) is 46.6. The lowest BCUT2D eigenvalue weighted by atomic mass is 10.1. The van der Waals surface area contributed by atoms with Gasteiger partial charge in [0.2, 0.25) is 0 Å². The fourth-order valence-corrected chi connectivity index (χ4v) is 3.30. The van der Waals surface area contributed by atoms with Crippen molar-refractivity contribution in [1.29, 1.82) is 0 Å². The van der Waals surface area contributed by atoms with Crippen LogP contribution in [0.4, 0.5) is 11.4 Å². The van der Waals surface area contributed by atoms with E-state index in [4.69, 9.17) is 9.47 Å². The first-order valence-electron chi connectivity index (χ1n) is 11.1. The summed E-state index contributed by atoms with van der Waals surface area (Å²) in [5.41, 5.74) is 0.371. The average molecular weight is 508 g/mol. The van der Waals surface area contributed by atoms with E-state index >= 15 is 0 Å². The van der Waals surface area contributed by atoms with Gasteiger partial charge in [-0.25, -0.2) is 0 Å². The van der Waals surface area contributed by atoms with Crippen molar-refractivity contribution >= 4 is 23.2 Å². The molecule has 2 N–H and O–H groups in total. The van der Waals surface area contributed by atoms with E-state index in [0.29, 0.717) is 23.7 Å². The molecule has 3 aromatic rings. The molecule has 0 saturated heterocycles. The van der Waals surface area contributed by atoms with E-state index < -0.39 is 27.8 Å². The minimum absolute atomic E-state index is 0.134. The molecule has 0 aliphatic heterocycles. The van der Waals surface area contributed by atoms with Crippen LogP contribution in [0.1, 0.15) is 45.8 Å². The molecule has 0 fully saturated rings. The van der Waals surface area contributed by atoms with Crippen molar-refractivity contribution in [3.05, 3.63) is 104 Å². The highest BCUT2D eigenvalue weighted by atomic mass is 16.6. The second kappa shape index (κ2) is 12.1. The van der Waals surface area contributed by atoms with E-state index in [-0.39, 0.29) is 22.5 Å². The van der Waals surface area contributed by atoms with Gasteiger partial charge in [-0.3, -0.25) is 29.8 Å². The summed E-state index contributed by atoms with van der Waals surface area (Å²) in [7, 11) is 1.46. The normalized spacial score (nSPS) is 10.5. The molecule has 12 heteroatoms. The summed E-state index contributed by atoms with van der Waals surface area (Å²) in [5.74, 6) is -0.344. The lowest BCUT2D eigenvalue weighted by molar-refractivity contribution is -0.385. The Balaban J connectivity index is 1.90. The first kappa shape index (κ1) is 26.6. The predicted molar refractivity (Wildman–Crippen MR) is 133 cm³/mol. The van der Waals surface area contributed by atoms with Crippen molar-refractivity contribution < 1.29 is 28.9 Å². The maximum atomic E-state index is 12.9. The molecule has 3 rings (SSSR count). The molecule has 0 bridgehead atoms. The number of non-ortho nitro benzene ring substituents is 2. The Kier molecular flexibility index (Phi) is 8.71. The fourth-order valence-electron chi connectivity index (χ4n) is 3.30. The van der Waals surface area contributed by atoms with Gasteiger partial charge in [0.1, 0.15) is 6.17 Å². The lowest BCUT2D eigenvalue weighted by Gasteiger charge is -2.22. The van der Waals surface area contributed by atoms with Crippen molar-refractivity contribution in [3.63, 3.8) is 0 Å². The van der Waals surface area contributed by atoms with Crippen LogP contribution in [-0.4, -0.2) is 35.4 Å². The van der Waals surface area contributed by atoms with E-state index in [9.17, 15) is 29.8 Å². The number of nitrogens with zero attached hydrogens (tertiary/aromatic N) is 2. The van der Waals surface area contributed by atoms with E-state index in [2.05, 4.69) is 10.6 Å². The summed E-state index contributed by atoms with van der Waals surface area (Å²) in [6.45, 7) is 2.42. The molecule has 12 nitrogen and oxygen atoms in total. The molecular formula is C25H24N4O8. The van der Waals surface area contributed by atoms with Gasteiger partial charge in [0.25, 0.3) is 23.2 Å². The minimum atomic E-state index is -1.06. The van der Waals surface area contributed by atoms with Crippen LogP contribution in [0, 0.1) is 20.2 Å². The number of nitro benzene ring substituents is 2. The Labute approximate surface area is 211 Å². The summed E-state index contributed by atoms with van der Waals surface area (Å²) >= 11 is 0. The van der Waals surface area contributed by atoms with Crippen LogP contribution >= 0.6 is 0 Å². The van der Waals surface area contributed by atoms with Gasteiger partial charge in [-0.1, -0.05) is 13.0 Å². The second-order valence-corrected chi connectivity index (χ2v) is 7.75. The van der Waals surface area contributed by atoms with E-state index in [0.717, 1.165) is 6.42 Å². The number of carbonyl (C=O) groups excluding carboxylic acids is 2. The monoisotopic (exact) mass is 508 g/mol. The third-order valence-corrected chi connectivity index (χ3v) is 5.21. The molecule has 192 valence electrons.